The largest absolute Gasteiger partial charge is 0.462 e. The van der Waals surface area contributed by atoms with Gasteiger partial charge < -0.3 is 19.7 Å². The Morgan fingerprint density at radius 1 is 0.683 bits per heavy atom. The van der Waals surface area contributed by atoms with Gasteiger partial charge in [0.25, 0.3) is 0 Å². The van der Waals surface area contributed by atoms with E-state index in [-0.39, 0.29) is 25.6 Å². The number of carbonyl (C=O) groups is 2. The topological polar surface area (TPSA) is 93.1 Å². The second-order valence-corrected chi connectivity index (χ2v) is 10.7. The molecule has 0 bridgehead atoms. The molecule has 2 N–H and O–H groups in total. The predicted molar refractivity (Wildman–Crippen MR) is 170 cm³/mol. The lowest BCUT2D eigenvalue weighted by Crippen LogP contribution is -2.28. The summed E-state index contributed by atoms with van der Waals surface area (Å²) < 4.78 is 10.4. The fourth-order valence-electron chi connectivity index (χ4n) is 4.16. The molecule has 2 atom stereocenters. The Balaban J connectivity index is 3.82. The highest BCUT2D eigenvalue weighted by Gasteiger charge is 2.15. The fourth-order valence-corrected chi connectivity index (χ4v) is 4.16. The minimum atomic E-state index is -0.816. The fraction of sp³-hybridized carbons (Fsp3) is 0.714. The maximum Gasteiger partial charge on any atom is 0.306 e. The van der Waals surface area contributed by atoms with Crippen molar-refractivity contribution in [3.63, 3.8) is 0 Å². The summed E-state index contributed by atoms with van der Waals surface area (Å²) in [5.74, 6) is -0.703. The minimum Gasteiger partial charge on any atom is -0.462 e. The number of hydrogen-bond acceptors (Lipinski definition) is 6. The summed E-state index contributed by atoms with van der Waals surface area (Å²) in [6.07, 6.45) is 33.4. The van der Waals surface area contributed by atoms with Gasteiger partial charge in [-0.1, -0.05) is 127 Å². The Bertz CT molecular complexity index is 724. The molecule has 0 amide bonds. The van der Waals surface area contributed by atoms with E-state index in [1.54, 1.807) is 6.08 Å². The molecule has 41 heavy (non-hydrogen) atoms. The maximum atomic E-state index is 12.1. The quantitative estimate of drug-likeness (QED) is 0.0420. The van der Waals surface area contributed by atoms with Crippen LogP contribution in [0.3, 0.4) is 0 Å². The van der Waals surface area contributed by atoms with Crippen LogP contribution in [-0.4, -0.2) is 47.6 Å². The monoisotopic (exact) mass is 576 g/mol. The Morgan fingerprint density at radius 3 is 2.00 bits per heavy atom. The van der Waals surface area contributed by atoms with Gasteiger partial charge in [0.15, 0.2) is 6.10 Å². The molecule has 0 aliphatic carbocycles. The van der Waals surface area contributed by atoms with Crippen LogP contribution in [0.2, 0.25) is 0 Å². The third-order valence-electron chi connectivity index (χ3n) is 6.71. The van der Waals surface area contributed by atoms with Crippen molar-refractivity contribution in [1.82, 2.24) is 0 Å². The summed E-state index contributed by atoms with van der Waals surface area (Å²) in [4.78, 5) is 24.0. The molecule has 0 rings (SSSR count). The number of hydrogen-bond donors (Lipinski definition) is 2. The molecule has 0 aromatic heterocycles. The van der Waals surface area contributed by atoms with Crippen molar-refractivity contribution in [2.45, 2.75) is 148 Å². The second-order valence-electron chi connectivity index (χ2n) is 10.7. The van der Waals surface area contributed by atoms with E-state index in [9.17, 15) is 19.8 Å². The first-order chi connectivity index (χ1) is 20.0. The zero-order valence-corrected chi connectivity index (χ0v) is 26.2. The van der Waals surface area contributed by atoms with Crippen molar-refractivity contribution in [2.24, 2.45) is 0 Å². The van der Waals surface area contributed by atoms with Crippen LogP contribution in [0.4, 0.5) is 0 Å². The van der Waals surface area contributed by atoms with Crippen LogP contribution in [0.25, 0.3) is 0 Å². The maximum absolute atomic E-state index is 12.1. The van der Waals surface area contributed by atoms with Gasteiger partial charge in [-0.3, -0.25) is 9.59 Å². The smallest absolute Gasteiger partial charge is 0.306 e. The molecule has 0 saturated carbocycles. The summed E-state index contributed by atoms with van der Waals surface area (Å²) in [6, 6.07) is 0. The zero-order chi connectivity index (χ0) is 30.2. The Kier molecular flexibility index (Phi) is 29.1. The van der Waals surface area contributed by atoms with Crippen LogP contribution in [0, 0.1) is 0 Å². The molecule has 0 aromatic carbocycles. The number of esters is 2. The van der Waals surface area contributed by atoms with Crippen molar-refractivity contribution < 1.29 is 29.3 Å². The van der Waals surface area contributed by atoms with Crippen LogP contribution in [0.1, 0.15) is 136 Å². The van der Waals surface area contributed by atoms with E-state index in [4.69, 9.17) is 9.47 Å². The second kappa shape index (κ2) is 30.8. The summed E-state index contributed by atoms with van der Waals surface area (Å²) in [6.45, 7) is 3.94. The van der Waals surface area contributed by atoms with E-state index in [1.165, 1.54) is 57.8 Å². The molecule has 0 unspecified atom stereocenters. The van der Waals surface area contributed by atoms with E-state index in [1.807, 2.05) is 36.5 Å². The summed E-state index contributed by atoms with van der Waals surface area (Å²) in [5.41, 5.74) is 0. The molecular weight excluding hydrogens is 516 g/mol. The van der Waals surface area contributed by atoms with Gasteiger partial charge in [-0.15, -0.1) is 0 Å². The van der Waals surface area contributed by atoms with E-state index < -0.39 is 18.2 Å². The Labute approximate surface area is 251 Å². The average Bonchev–Trinajstić information content (AvgIpc) is 2.97. The van der Waals surface area contributed by atoms with Gasteiger partial charge >= 0.3 is 11.9 Å². The molecule has 0 spiro atoms. The summed E-state index contributed by atoms with van der Waals surface area (Å²) in [7, 11) is 0. The molecule has 0 saturated heterocycles. The van der Waals surface area contributed by atoms with Crippen molar-refractivity contribution in [3.05, 3.63) is 48.6 Å². The predicted octanol–water partition coefficient (Wildman–Crippen LogP) is 8.47. The van der Waals surface area contributed by atoms with Gasteiger partial charge in [-0.2, -0.15) is 0 Å². The SMILES string of the molecule is CCCCC/C=C\C[C@H](O)/C=C/C=C\C/C=C\CCCC(=O)O[C@@H](CO)COC(=O)CCCCCCCCCCC. The molecular formula is C35H60O6. The number of aliphatic hydroxyl groups excluding tert-OH is 2. The molecule has 236 valence electrons. The van der Waals surface area contributed by atoms with Gasteiger partial charge in [0, 0.05) is 12.8 Å². The van der Waals surface area contributed by atoms with Crippen LogP contribution < -0.4 is 0 Å². The van der Waals surface area contributed by atoms with Crippen molar-refractivity contribution in [1.29, 1.82) is 0 Å². The van der Waals surface area contributed by atoms with Crippen LogP contribution in [-0.2, 0) is 19.1 Å². The minimum absolute atomic E-state index is 0.105. The molecule has 6 nitrogen and oxygen atoms in total. The number of aliphatic hydroxyl groups is 2. The lowest BCUT2D eigenvalue weighted by Gasteiger charge is -2.15. The molecule has 0 radical (unpaired) electrons. The zero-order valence-electron chi connectivity index (χ0n) is 26.2. The third kappa shape index (κ3) is 29.1. The van der Waals surface area contributed by atoms with Crippen LogP contribution in [0.15, 0.2) is 48.6 Å². The Hall–Kier alpha value is -2.18. The summed E-state index contributed by atoms with van der Waals surface area (Å²) >= 11 is 0. The molecule has 0 aliphatic rings. The van der Waals surface area contributed by atoms with Crippen LogP contribution in [0.5, 0.6) is 0 Å². The van der Waals surface area contributed by atoms with Gasteiger partial charge in [0.1, 0.15) is 6.61 Å². The molecule has 0 aliphatic heterocycles. The first kappa shape index (κ1) is 38.8. The lowest BCUT2D eigenvalue weighted by atomic mass is 10.1. The molecule has 0 heterocycles. The number of rotatable bonds is 28. The highest BCUT2D eigenvalue weighted by Crippen LogP contribution is 2.11. The number of allylic oxidation sites excluding steroid dienone is 6. The normalized spacial score (nSPS) is 13.6. The standard InChI is InChI=1S/C35H60O6/c1-3-5-7-9-11-12-16-20-24-28-34(38)40-31-33(30-36)41-35(39)29-25-21-17-14-13-15-19-23-27-32(37)26-22-18-10-8-6-4-2/h14-15,17-19,22-23,27,32-33,36-37H,3-13,16,20-21,24-26,28-31H2,1-2H3/b17-14-,19-15-,22-18-,27-23+/t32-,33-/m0/s1. The number of ether oxygens (including phenoxy) is 2. The summed E-state index contributed by atoms with van der Waals surface area (Å²) in [5, 5.41) is 19.4. The van der Waals surface area contributed by atoms with Crippen molar-refractivity contribution >= 4 is 11.9 Å². The lowest BCUT2D eigenvalue weighted by molar-refractivity contribution is -0.161. The van der Waals surface area contributed by atoms with Crippen LogP contribution >= 0.6 is 0 Å². The third-order valence-corrected chi connectivity index (χ3v) is 6.71. The van der Waals surface area contributed by atoms with E-state index in [0.717, 1.165) is 38.5 Å². The molecule has 0 aromatic rings. The van der Waals surface area contributed by atoms with Crippen molar-refractivity contribution in [2.75, 3.05) is 13.2 Å². The highest BCUT2D eigenvalue weighted by atomic mass is 16.6. The van der Waals surface area contributed by atoms with E-state index in [2.05, 4.69) is 19.9 Å². The highest BCUT2D eigenvalue weighted by molar-refractivity contribution is 5.70. The van der Waals surface area contributed by atoms with E-state index in [0.29, 0.717) is 19.3 Å². The molecule has 6 heteroatoms. The van der Waals surface area contributed by atoms with E-state index >= 15 is 0 Å². The number of carbonyl (C=O) groups excluding carboxylic acids is 2. The molecule has 0 fully saturated rings. The van der Waals surface area contributed by atoms with Gasteiger partial charge in [0.2, 0.25) is 0 Å². The first-order valence-electron chi connectivity index (χ1n) is 16.3. The first-order valence-corrected chi connectivity index (χ1v) is 16.3. The Morgan fingerprint density at radius 2 is 1.29 bits per heavy atom. The van der Waals surface area contributed by atoms with Gasteiger partial charge in [0.05, 0.1) is 12.7 Å². The van der Waals surface area contributed by atoms with Gasteiger partial charge in [-0.25, -0.2) is 0 Å². The van der Waals surface area contributed by atoms with Gasteiger partial charge in [-0.05, 0) is 44.9 Å². The number of unbranched alkanes of at least 4 members (excludes halogenated alkanes) is 12. The average molecular weight is 577 g/mol. The van der Waals surface area contributed by atoms with Crippen molar-refractivity contribution in [3.8, 4) is 0 Å².